The second-order valence-corrected chi connectivity index (χ2v) is 7.55. The predicted molar refractivity (Wildman–Crippen MR) is 98.3 cm³/mol. The minimum atomic E-state index is -3.16. The molecule has 1 heterocycles. The van der Waals surface area contributed by atoms with E-state index >= 15 is 0 Å². The van der Waals surface area contributed by atoms with Crippen molar-refractivity contribution in [2.24, 2.45) is 0 Å². The van der Waals surface area contributed by atoms with Crippen LogP contribution in [0, 0.1) is 0 Å². The summed E-state index contributed by atoms with van der Waals surface area (Å²) in [6, 6.07) is 18.8. The zero-order valence-corrected chi connectivity index (χ0v) is 13.9. The van der Waals surface area contributed by atoms with E-state index in [-0.39, 0.29) is 11.8 Å². The van der Waals surface area contributed by atoms with Gasteiger partial charge in [-0.1, -0.05) is 36.4 Å². The molecule has 0 amide bonds. The number of benzene rings is 2. The molecular formula is C17H16N2O2S2. The Hall–Kier alpha value is -2.18. The van der Waals surface area contributed by atoms with Crippen LogP contribution >= 0.6 is 12.2 Å². The van der Waals surface area contributed by atoms with Crippen molar-refractivity contribution in [1.82, 2.24) is 0 Å². The van der Waals surface area contributed by atoms with E-state index in [9.17, 15) is 8.42 Å². The van der Waals surface area contributed by atoms with Crippen molar-refractivity contribution in [2.45, 2.75) is 6.04 Å². The maximum Gasteiger partial charge on any atom is 0.178 e. The summed E-state index contributed by atoms with van der Waals surface area (Å²) in [5, 5.41) is 4.90. The van der Waals surface area contributed by atoms with Gasteiger partial charge < -0.3 is 10.2 Å². The Balaban J connectivity index is 1.90. The van der Waals surface area contributed by atoms with Crippen LogP contribution in [0.2, 0.25) is 0 Å². The molecule has 6 heteroatoms. The summed E-state index contributed by atoms with van der Waals surface area (Å²) < 4.78 is 23.6. The number of nitrogens with zero attached hydrogens (tertiary/aromatic N) is 1. The van der Waals surface area contributed by atoms with Crippen LogP contribution in [-0.4, -0.2) is 25.3 Å². The molecular weight excluding hydrogens is 328 g/mol. The van der Waals surface area contributed by atoms with Crippen LogP contribution in [0.3, 0.4) is 0 Å². The van der Waals surface area contributed by atoms with E-state index in [4.69, 9.17) is 12.2 Å². The molecule has 1 aliphatic rings. The first kappa shape index (κ1) is 15.7. The van der Waals surface area contributed by atoms with Gasteiger partial charge in [-0.05, 0) is 42.6 Å². The van der Waals surface area contributed by atoms with Crippen LogP contribution in [0.1, 0.15) is 0 Å². The van der Waals surface area contributed by atoms with E-state index in [0.29, 0.717) is 5.11 Å². The minimum absolute atomic E-state index is 0.0263. The Morgan fingerprint density at radius 1 is 1.04 bits per heavy atom. The van der Waals surface area contributed by atoms with E-state index in [1.54, 1.807) is 6.08 Å². The van der Waals surface area contributed by atoms with Gasteiger partial charge in [0.05, 0.1) is 11.8 Å². The highest BCUT2D eigenvalue weighted by Crippen LogP contribution is 2.23. The van der Waals surface area contributed by atoms with Gasteiger partial charge in [0.25, 0.3) is 0 Å². The quantitative estimate of drug-likeness (QED) is 0.867. The lowest BCUT2D eigenvalue weighted by Gasteiger charge is -2.30. The average molecular weight is 344 g/mol. The first-order chi connectivity index (χ1) is 11.1. The third-order valence-corrected chi connectivity index (χ3v) is 5.20. The zero-order chi connectivity index (χ0) is 16.3. The van der Waals surface area contributed by atoms with Crippen LogP contribution in [-0.2, 0) is 9.84 Å². The first-order valence-corrected chi connectivity index (χ1v) is 9.29. The summed E-state index contributed by atoms with van der Waals surface area (Å²) in [7, 11) is -3.16. The van der Waals surface area contributed by atoms with Crippen molar-refractivity contribution in [1.29, 1.82) is 0 Å². The Bertz CT molecular complexity index is 818. The standard InChI is InChI=1S/C17H16N2O2S2/c20-23(21)12-11-16(13-23)19(15-9-5-2-6-10-15)17(22)18-14-7-3-1-4-8-14/h1-12,16H,13H2,(H,18,22)/t16-/m0/s1. The fourth-order valence-electron chi connectivity index (χ4n) is 2.47. The smallest absolute Gasteiger partial charge is 0.178 e. The number of sulfone groups is 1. The topological polar surface area (TPSA) is 49.4 Å². The van der Waals surface area contributed by atoms with Gasteiger partial charge in [-0.2, -0.15) is 0 Å². The Morgan fingerprint density at radius 3 is 2.22 bits per heavy atom. The van der Waals surface area contributed by atoms with E-state index in [1.807, 2.05) is 65.6 Å². The monoisotopic (exact) mass is 344 g/mol. The van der Waals surface area contributed by atoms with Crippen LogP contribution in [0.4, 0.5) is 11.4 Å². The third kappa shape index (κ3) is 3.78. The van der Waals surface area contributed by atoms with Gasteiger partial charge in [0.15, 0.2) is 14.9 Å². The Kier molecular flexibility index (Phi) is 4.45. The lowest BCUT2D eigenvalue weighted by atomic mass is 10.2. The first-order valence-electron chi connectivity index (χ1n) is 7.16. The zero-order valence-electron chi connectivity index (χ0n) is 12.3. The van der Waals surface area contributed by atoms with Gasteiger partial charge in [0.1, 0.15) is 0 Å². The van der Waals surface area contributed by atoms with Crippen LogP contribution in [0.15, 0.2) is 72.1 Å². The summed E-state index contributed by atoms with van der Waals surface area (Å²) in [6.45, 7) is 0. The largest absolute Gasteiger partial charge is 0.332 e. The Morgan fingerprint density at radius 2 is 1.65 bits per heavy atom. The van der Waals surface area contributed by atoms with Gasteiger partial charge in [-0.3, -0.25) is 0 Å². The van der Waals surface area contributed by atoms with Crippen molar-refractivity contribution in [3.05, 3.63) is 72.1 Å². The summed E-state index contributed by atoms with van der Waals surface area (Å²) in [5.41, 5.74) is 1.72. The van der Waals surface area contributed by atoms with Crippen molar-refractivity contribution in [3.63, 3.8) is 0 Å². The van der Waals surface area contributed by atoms with Gasteiger partial charge >= 0.3 is 0 Å². The number of anilines is 2. The highest BCUT2D eigenvalue weighted by molar-refractivity contribution is 7.94. The van der Waals surface area contributed by atoms with Gasteiger partial charge in [0, 0.05) is 16.8 Å². The van der Waals surface area contributed by atoms with Gasteiger partial charge in [-0.25, -0.2) is 8.42 Å². The maximum absolute atomic E-state index is 11.8. The van der Waals surface area contributed by atoms with E-state index in [1.165, 1.54) is 5.41 Å². The SMILES string of the molecule is O=S1(=O)C=C[C@H](N(C(=S)Nc2ccccc2)c2ccccc2)C1. The average Bonchev–Trinajstić information content (AvgIpc) is 2.89. The molecule has 1 aliphatic heterocycles. The lowest BCUT2D eigenvalue weighted by Crippen LogP contribution is -2.43. The van der Waals surface area contributed by atoms with Gasteiger partial charge in [-0.15, -0.1) is 0 Å². The fourth-order valence-corrected chi connectivity index (χ4v) is 4.10. The molecule has 0 saturated carbocycles. The molecule has 0 spiro atoms. The van der Waals surface area contributed by atoms with Crippen molar-refractivity contribution in [3.8, 4) is 0 Å². The molecule has 3 rings (SSSR count). The summed E-state index contributed by atoms with van der Waals surface area (Å²) >= 11 is 5.54. The second-order valence-electron chi connectivity index (χ2n) is 5.23. The molecule has 0 aliphatic carbocycles. The van der Waals surface area contributed by atoms with Gasteiger partial charge in [0.2, 0.25) is 0 Å². The van der Waals surface area contributed by atoms with E-state index < -0.39 is 9.84 Å². The molecule has 23 heavy (non-hydrogen) atoms. The van der Waals surface area contributed by atoms with Crippen molar-refractivity contribution in [2.75, 3.05) is 16.0 Å². The number of thiocarbonyl (C=S) groups is 1. The molecule has 0 radical (unpaired) electrons. The number of hydrogen-bond donors (Lipinski definition) is 1. The number of para-hydroxylation sites is 2. The molecule has 0 unspecified atom stereocenters. The summed E-state index contributed by atoms with van der Waals surface area (Å²) in [5.74, 6) is 0.0263. The van der Waals surface area contributed by atoms with Crippen molar-refractivity contribution < 1.29 is 8.42 Å². The van der Waals surface area contributed by atoms with Crippen LogP contribution in [0.5, 0.6) is 0 Å². The highest BCUT2D eigenvalue weighted by Gasteiger charge is 2.29. The highest BCUT2D eigenvalue weighted by atomic mass is 32.2. The van der Waals surface area contributed by atoms with E-state index in [2.05, 4.69) is 5.32 Å². The molecule has 2 aromatic rings. The molecule has 0 fully saturated rings. The van der Waals surface area contributed by atoms with E-state index in [0.717, 1.165) is 11.4 Å². The summed E-state index contributed by atoms with van der Waals surface area (Å²) in [4.78, 5) is 1.84. The molecule has 0 aromatic heterocycles. The molecule has 118 valence electrons. The molecule has 0 saturated heterocycles. The molecule has 1 N–H and O–H groups in total. The Labute approximate surface area is 141 Å². The minimum Gasteiger partial charge on any atom is -0.332 e. The summed E-state index contributed by atoms with van der Waals surface area (Å²) in [6.07, 6.45) is 1.68. The third-order valence-electron chi connectivity index (χ3n) is 3.52. The number of rotatable bonds is 3. The molecule has 0 bridgehead atoms. The number of hydrogen-bond acceptors (Lipinski definition) is 3. The van der Waals surface area contributed by atoms with Crippen molar-refractivity contribution >= 4 is 38.5 Å². The normalized spacial score (nSPS) is 18.5. The predicted octanol–water partition coefficient (Wildman–Crippen LogP) is 3.20. The molecule has 4 nitrogen and oxygen atoms in total. The lowest BCUT2D eigenvalue weighted by molar-refractivity contribution is 0.604. The van der Waals surface area contributed by atoms with Crippen LogP contribution < -0.4 is 10.2 Å². The second kappa shape index (κ2) is 6.52. The molecule has 2 aromatic carbocycles. The van der Waals surface area contributed by atoms with Crippen LogP contribution in [0.25, 0.3) is 0 Å². The number of nitrogens with one attached hydrogen (secondary N) is 1. The fraction of sp³-hybridized carbons (Fsp3) is 0.118. The molecule has 1 atom stereocenters. The maximum atomic E-state index is 11.8.